The zero-order valence-corrected chi connectivity index (χ0v) is 23.0. The van der Waals surface area contributed by atoms with Gasteiger partial charge in [-0.2, -0.15) is 13.2 Å². The maximum atomic E-state index is 14.9. The molecular weight excluding hydrogens is 462 g/mol. The second kappa shape index (κ2) is 8.13. The van der Waals surface area contributed by atoms with Gasteiger partial charge in [0.1, 0.15) is 0 Å². The molecule has 4 rings (SSSR count). The van der Waals surface area contributed by atoms with Gasteiger partial charge in [0.2, 0.25) is 0 Å². The lowest BCUT2D eigenvalue weighted by Crippen LogP contribution is -2.42. The molecule has 0 bridgehead atoms. The van der Waals surface area contributed by atoms with Gasteiger partial charge in [0.25, 0.3) is 0 Å². The average molecular weight is 499 g/mol. The molecule has 0 spiro atoms. The van der Waals surface area contributed by atoms with Crippen molar-refractivity contribution >= 4 is 23.6 Å². The largest absolute Gasteiger partial charge is 0.513 e. The van der Waals surface area contributed by atoms with Gasteiger partial charge >= 0.3 is 13.3 Å². The molecule has 0 aliphatic carbocycles. The van der Waals surface area contributed by atoms with Crippen molar-refractivity contribution in [3.63, 3.8) is 0 Å². The van der Waals surface area contributed by atoms with E-state index in [9.17, 15) is 13.2 Å². The van der Waals surface area contributed by atoms with Gasteiger partial charge in [-0.25, -0.2) is 0 Å². The standard InChI is InChI=1S/C29H37BF3NO2/c1-25(2,3)18-11-14-20(15-12-18)34-22-16-13-19(26(4,5)6)17-21(22)23(29(31,32)33)24(34)30-35-27(7,8)28(9,10)36-30/h11-17H,1-10H3. The molecule has 1 saturated heterocycles. The number of rotatable bonds is 2. The number of fused-ring (bicyclic) bond motifs is 1. The zero-order valence-electron chi connectivity index (χ0n) is 23.0. The first-order valence-corrected chi connectivity index (χ1v) is 12.5. The van der Waals surface area contributed by atoms with Gasteiger partial charge in [-0.15, -0.1) is 0 Å². The summed E-state index contributed by atoms with van der Waals surface area (Å²) in [7, 11) is -1.18. The number of halogens is 3. The van der Waals surface area contributed by atoms with Crippen molar-refractivity contribution in [2.24, 2.45) is 0 Å². The fraction of sp³-hybridized carbons (Fsp3) is 0.517. The Kier molecular flexibility index (Phi) is 6.05. The van der Waals surface area contributed by atoms with Crippen molar-refractivity contribution in [2.75, 3.05) is 0 Å². The molecule has 1 aromatic heterocycles. The molecule has 1 aliphatic rings. The summed E-state index contributed by atoms with van der Waals surface area (Å²) in [5, 5.41) is 0.152. The smallest absolute Gasteiger partial charge is 0.398 e. The Morgan fingerprint density at radius 1 is 0.722 bits per heavy atom. The molecule has 194 valence electrons. The van der Waals surface area contributed by atoms with Crippen molar-refractivity contribution in [3.05, 3.63) is 59.2 Å². The molecule has 2 aromatic carbocycles. The van der Waals surface area contributed by atoms with Gasteiger partial charge in [0.15, 0.2) is 0 Å². The van der Waals surface area contributed by atoms with Gasteiger partial charge in [-0.1, -0.05) is 59.7 Å². The fourth-order valence-corrected chi connectivity index (χ4v) is 4.64. The first kappa shape index (κ1) is 26.8. The summed E-state index contributed by atoms with van der Waals surface area (Å²) in [6.45, 7) is 19.7. The Morgan fingerprint density at radius 2 is 1.19 bits per heavy atom. The first-order chi connectivity index (χ1) is 16.2. The van der Waals surface area contributed by atoms with Crippen molar-refractivity contribution in [1.82, 2.24) is 4.57 Å². The second-order valence-electron chi connectivity index (χ2n) is 13.0. The normalized spacial score (nSPS) is 18.3. The summed E-state index contributed by atoms with van der Waals surface area (Å²) >= 11 is 0. The summed E-state index contributed by atoms with van der Waals surface area (Å²) in [6, 6.07) is 13.1. The van der Waals surface area contributed by atoms with Crippen LogP contribution in [0.2, 0.25) is 0 Å². The lowest BCUT2D eigenvalue weighted by molar-refractivity contribution is -0.135. The molecule has 3 nitrogen and oxygen atoms in total. The van der Waals surface area contributed by atoms with Crippen LogP contribution in [0.3, 0.4) is 0 Å². The quantitative estimate of drug-likeness (QED) is 0.340. The molecule has 2 heterocycles. The van der Waals surface area contributed by atoms with Crippen LogP contribution in [-0.4, -0.2) is 22.9 Å². The molecule has 0 radical (unpaired) electrons. The minimum Gasteiger partial charge on any atom is -0.398 e. The number of aromatic nitrogens is 1. The van der Waals surface area contributed by atoms with Gasteiger partial charge in [0.05, 0.1) is 27.9 Å². The van der Waals surface area contributed by atoms with E-state index in [-0.39, 0.29) is 21.8 Å². The van der Waals surface area contributed by atoms with E-state index in [0.717, 1.165) is 11.1 Å². The van der Waals surface area contributed by atoms with E-state index in [1.807, 2.05) is 78.8 Å². The fourth-order valence-electron chi connectivity index (χ4n) is 4.64. The van der Waals surface area contributed by atoms with E-state index in [1.54, 1.807) is 16.7 Å². The van der Waals surface area contributed by atoms with E-state index in [0.29, 0.717) is 11.2 Å². The Bertz CT molecular complexity index is 1270. The highest BCUT2D eigenvalue weighted by molar-refractivity contribution is 6.62. The van der Waals surface area contributed by atoms with Crippen molar-refractivity contribution in [3.8, 4) is 5.69 Å². The highest BCUT2D eigenvalue weighted by Gasteiger charge is 2.56. The molecule has 7 heteroatoms. The van der Waals surface area contributed by atoms with Gasteiger partial charge in [-0.05, 0) is 73.9 Å². The second-order valence-corrected chi connectivity index (χ2v) is 13.0. The number of alkyl halides is 3. The minimum absolute atomic E-state index is 0.0225. The molecule has 3 aromatic rings. The van der Waals surface area contributed by atoms with Crippen molar-refractivity contribution in [1.29, 1.82) is 0 Å². The summed E-state index contributed by atoms with van der Waals surface area (Å²) in [5.41, 5.74) is 0.367. The molecule has 0 saturated carbocycles. The maximum absolute atomic E-state index is 14.9. The third-order valence-corrected chi connectivity index (χ3v) is 7.62. The van der Waals surface area contributed by atoms with E-state index < -0.39 is 30.1 Å². The van der Waals surface area contributed by atoms with Crippen LogP contribution in [0.1, 0.15) is 85.9 Å². The predicted molar refractivity (Wildman–Crippen MR) is 141 cm³/mol. The van der Waals surface area contributed by atoms with E-state index in [1.165, 1.54) is 0 Å². The average Bonchev–Trinajstić information content (AvgIpc) is 3.16. The number of nitrogens with zero attached hydrogens (tertiary/aromatic N) is 1. The Hall–Kier alpha value is -2.25. The van der Waals surface area contributed by atoms with Crippen LogP contribution in [0.25, 0.3) is 16.6 Å². The molecule has 1 fully saturated rings. The van der Waals surface area contributed by atoms with Crippen LogP contribution >= 0.6 is 0 Å². The lowest BCUT2D eigenvalue weighted by atomic mass is 9.80. The van der Waals surface area contributed by atoms with Crippen molar-refractivity contribution in [2.45, 2.75) is 97.4 Å². The van der Waals surface area contributed by atoms with Crippen molar-refractivity contribution < 1.29 is 22.5 Å². The highest BCUT2D eigenvalue weighted by atomic mass is 19.4. The first-order valence-electron chi connectivity index (χ1n) is 12.5. The van der Waals surface area contributed by atoms with Crippen LogP contribution in [-0.2, 0) is 26.3 Å². The topological polar surface area (TPSA) is 23.4 Å². The minimum atomic E-state index is -4.61. The molecule has 0 atom stereocenters. The summed E-state index contributed by atoms with van der Waals surface area (Å²) < 4.78 is 58.7. The number of hydrogen-bond donors (Lipinski definition) is 0. The molecule has 0 unspecified atom stereocenters. The summed E-state index contributed by atoms with van der Waals surface area (Å²) in [6.07, 6.45) is -4.61. The van der Waals surface area contributed by atoms with Crippen LogP contribution in [0.5, 0.6) is 0 Å². The Morgan fingerprint density at radius 3 is 1.64 bits per heavy atom. The van der Waals surface area contributed by atoms with Crippen LogP contribution < -0.4 is 5.59 Å². The molecule has 36 heavy (non-hydrogen) atoms. The van der Waals surface area contributed by atoms with Crippen LogP contribution in [0.15, 0.2) is 42.5 Å². The van der Waals surface area contributed by atoms with E-state index in [4.69, 9.17) is 9.31 Å². The highest BCUT2D eigenvalue weighted by Crippen LogP contribution is 2.42. The lowest BCUT2D eigenvalue weighted by Gasteiger charge is -2.32. The zero-order chi connectivity index (χ0) is 27.1. The van der Waals surface area contributed by atoms with E-state index >= 15 is 0 Å². The molecule has 1 aliphatic heterocycles. The third kappa shape index (κ3) is 4.49. The molecule has 0 N–H and O–H groups in total. The van der Waals surface area contributed by atoms with Gasteiger partial charge in [0, 0.05) is 11.1 Å². The SMILES string of the molecule is CC(C)(C)c1ccc(-n2c(B3OC(C)(C)C(C)(C)O3)c(C(F)(F)F)c3cc(C(C)(C)C)ccc32)cc1. The predicted octanol–water partition coefficient (Wildman–Crippen LogP) is 7.54. The number of benzene rings is 2. The van der Waals surface area contributed by atoms with Gasteiger partial charge in [-0.3, -0.25) is 0 Å². The monoisotopic (exact) mass is 499 g/mol. The van der Waals surface area contributed by atoms with Crippen LogP contribution in [0.4, 0.5) is 13.2 Å². The maximum Gasteiger partial charge on any atom is 0.513 e. The summed E-state index contributed by atoms with van der Waals surface area (Å²) in [5.74, 6) is 0. The van der Waals surface area contributed by atoms with Gasteiger partial charge < -0.3 is 13.9 Å². The van der Waals surface area contributed by atoms with E-state index in [2.05, 4.69) is 20.8 Å². The molecule has 0 amide bonds. The van der Waals surface area contributed by atoms with Crippen LogP contribution in [0, 0.1) is 0 Å². The molecular formula is C29H37BF3NO2. The Labute approximate surface area is 213 Å². The number of hydrogen-bond acceptors (Lipinski definition) is 2. The summed E-state index contributed by atoms with van der Waals surface area (Å²) in [4.78, 5) is 0. The Balaban J connectivity index is 2.08. The third-order valence-electron chi connectivity index (χ3n) is 7.62.